The van der Waals surface area contributed by atoms with Gasteiger partial charge >= 0.3 is 12.1 Å². The summed E-state index contributed by atoms with van der Waals surface area (Å²) >= 11 is 1.40. The molecule has 1 heterocycles. The summed E-state index contributed by atoms with van der Waals surface area (Å²) in [5.74, 6) is 0. The lowest BCUT2D eigenvalue weighted by Gasteiger charge is -2.25. The van der Waals surface area contributed by atoms with Crippen LogP contribution in [0.1, 0.15) is 0 Å². The zero-order valence-electron chi connectivity index (χ0n) is 10.9. The average Bonchev–Trinajstić information content (AvgIpc) is 2.75. The number of fused-ring (bicyclic) bond motifs is 1. The molecule has 0 fully saturated rings. The minimum absolute atomic E-state index is 0.265. The SMILES string of the molecule is COC(=O)N1c2ccccc2SC1NC(=O)N(C)C. The Morgan fingerprint density at radius 1 is 1.37 bits per heavy atom. The van der Waals surface area contributed by atoms with Gasteiger partial charge in [0.05, 0.1) is 12.8 Å². The Bertz CT molecular complexity index is 507. The van der Waals surface area contributed by atoms with E-state index in [9.17, 15) is 9.59 Å². The van der Waals surface area contributed by atoms with E-state index in [4.69, 9.17) is 4.74 Å². The number of benzene rings is 1. The van der Waals surface area contributed by atoms with Crippen LogP contribution in [0.4, 0.5) is 15.3 Å². The van der Waals surface area contributed by atoms with Crippen LogP contribution in [0.25, 0.3) is 0 Å². The van der Waals surface area contributed by atoms with E-state index in [1.54, 1.807) is 14.1 Å². The van der Waals surface area contributed by atoms with Crippen LogP contribution in [0.5, 0.6) is 0 Å². The molecule has 19 heavy (non-hydrogen) atoms. The number of hydrogen-bond acceptors (Lipinski definition) is 4. The van der Waals surface area contributed by atoms with Crippen molar-refractivity contribution in [2.45, 2.75) is 10.4 Å². The molecule has 6 nitrogen and oxygen atoms in total. The normalized spacial score (nSPS) is 16.8. The van der Waals surface area contributed by atoms with Gasteiger partial charge < -0.3 is 15.0 Å². The van der Waals surface area contributed by atoms with Crippen LogP contribution in [0, 0.1) is 0 Å². The summed E-state index contributed by atoms with van der Waals surface area (Å²) in [5.41, 5.74) is 0.239. The average molecular weight is 281 g/mol. The maximum absolute atomic E-state index is 11.9. The second-order valence-electron chi connectivity index (χ2n) is 4.12. The Balaban J connectivity index is 2.26. The van der Waals surface area contributed by atoms with E-state index in [0.29, 0.717) is 0 Å². The summed E-state index contributed by atoms with van der Waals surface area (Å²) in [4.78, 5) is 27.4. The zero-order chi connectivity index (χ0) is 14.0. The van der Waals surface area contributed by atoms with Gasteiger partial charge in [-0.1, -0.05) is 23.9 Å². The summed E-state index contributed by atoms with van der Waals surface area (Å²) in [5, 5.41) is 2.77. The van der Waals surface area contributed by atoms with Crippen molar-refractivity contribution in [3.63, 3.8) is 0 Å². The molecular weight excluding hydrogens is 266 g/mol. The molecule has 1 atom stereocenters. The molecule has 0 spiro atoms. The summed E-state index contributed by atoms with van der Waals surface area (Å²) in [6.45, 7) is 0. The number of carbonyl (C=O) groups excluding carboxylic acids is 2. The molecule has 0 bridgehead atoms. The highest BCUT2D eigenvalue weighted by Gasteiger charge is 2.36. The smallest absolute Gasteiger partial charge is 0.416 e. The number of hydrogen-bond donors (Lipinski definition) is 1. The largest absolute Gasteiger partial charge is 0.452 e. The van der Waals surface area contributed by atoms with Crippen molar-refractivity contribution in [2.75, 3.05) is 26.1 Å². The van der Waals surface area contributed by atoms with Crippen molar-refractivity contribution in [1.82, 2.24) is 10.2 Å². The van der Waals surface area contributed by atoms with E-state index in [2.05, 4.69) is 5.32 Å². The number of carbonyl (C=O) groups is 2. The van der Waals surface area contributed by atoms with E-state index < -0.39 is 11.6 Å². The predicted octanol–water partition coefficient (Wildman–Crippen LogP) is 1.92. The minimum atomic E-state index is -0.500. The first-order valence-corrected chi connectivity index (χ1v) is 6.53. The Kier molecular flexibility index (Phi) is 3.84. The molecule has 0 saturated carbocycles. The Morgan fingerprint density at radius 3 is 2.68 bits per heavy atom. The number of urea groups is 1. The van der Waals surface area contributed by atoms with Crippen LogP contribution in [0.2, 0.25) is 0 Å². The van der Waals surface area contributed by atoms with Crippen LogP contribution >= 0.6 is 11.8 Å². The van der Waals surface area contributed by atoms with Crippen LogP contribution in [-0.2, 0) is 4.74 Å². The number of thioether (sulfide) groups is 1. The van der Waals surface area contributed by atoms with Gasteiger partial charge in [0.25, 0.3) is 0 Å². The lowest BCUT2D eigenvalue weighted by molar-refractivity contribution is 0.177. The number of nitrogens with zero attached hydrogens (tertiary/aromatic N) is 2. The summed E-state index contributed by atoms with van der Waals surface area (Å²) < 4.78 is 4.77. The molecule has 1 aliphatic heterocycles. The molecule has 1 aromatic carbocycles. The molecule has 1 N–H and O–H groups in total. The lowest BCUT2D eigenvalue weighted by Crippen LogP contribution is -2.49. The number of amides is 3. The first-order chi connectivity index (χ1) is 9.04. The molecule has 3 amide bonds. The summed E-state index contributed by atoms with van der Waals surface area (Å²) in [6.07, 6.45) is -0.499. The maximum atomic E-state index is 11.9. The first-order valence-electron chi connectivity index (χ1n) is 5.65. The number of rotatable bonds is 1. The second kappa shape index (κ2) is 5.40. The van der Waals surface area contributed by atoms with Gasteiger partial charge in [-0.3, -0.25) is 0 Å². The molecule has 1 aromatic rings. The van der Waals surface area contributed by atoms with Crippen molar-refractivity contribution in [3.05, 3.63) is 24.3 Å². The van der Waals surface area contributed by atoms with Gasteiger partial charge in [-0.2, -0.15) is 0 Å². The molecule has 1 unspecified atom stereocenters. The van der Waals surface area contributed by atoms with Gasteiger partial charge in [0, 0.05) is 19.0 Å². The van der Waals surface area contributed by atoms with Crippen molar-refractivity contribution < 1.29 is 14.3 Å². The number of ether oxygens (including phenoxy) is 1. The molecule has 0 aromatic heterocycles. The maximum Gasteiger partial charge on any atom is 0.416 e. The quantitative estimate of drug-likeness (QED) is 0.854. The second-order valence-corrected chi connectivity index (χ2v) is 5.24. The molecule has 2 rings (SSSR count). The number of methoxy groups -OCH3 is 1. The fourth-order valence-electron chi connectivity index (χ4n) is 1.68. The molecule has 7 heteroatoms. The van der Waals surface area contributed by atoms with Gasteiger partial charge in [-0.15, -0.1) is 0 Å². The van der Waals surface area contributed by atoms with E-state index in [-0.39, 0.29) is 6.03 Å². The number of para-hydroxylation sites is 1. The third kappa shape index (κ3) is 2.60. The van der Waals surface area contributed by atoms with E-state index in [0.717, 1.165) is 10.6 Å². The van der Waals surface area contributed by atoms with E-state index in [1.165, 1.54) is 28.7 Å². The Labute approximate surface area is 115 Å². The number of anilines is 1. The lowest BCUT2D eigenvalue weighted by atomic mass is 10.3. The summed E-state index contributed by atoms with van der Waals surface area (Å²) in [6, 6.07) is 7.18. The van der Waals surface area contributed by atoms with Crippen LogP contribution in [-0.4, -0.2) is 43.7 Å². The molecule has 102 valence electrons. The molecule has 0 saturated heterocycles. The number of nitrogens with one attached hydrogen (secondary N) is 1. The molecule has 1 aliphatic rings. The van der Waals surface area contributed by atoms with Gasteiger partial charge in [0.15, 0.2) is 5.50 Å². The third-order valence-electron chi connectivity index (χ3n) is 2.62. The fourth-order valence-corrected chi connectivity index (χ4v) is 2.83. The fraction of sp³-hybridized carbons (Fsp3) is 0.333. The predicted molar refractivity (Wildman–Crippen MR) is 73.2 cm³/mol. The minimum Gasteiger partial charge on any atom is -0.452 e. The third-order valence-corrected chi connectivity index (χ3v) is 3.77. The van der Waals surface area contributed by atoms with Crippen molar-refractivity contribution >= 4 is 29.6 Å². The topological polar surface area (TPSA) is 61.9 Å². The molecule has 0 aliphatic carbocycles. The van der Waals surface area contributed by atoms with Gasteiger partial charge in [0.2, 0.25) is 0 Å². The summed E-state index contributed by atoms with van der Waals surface area (Å²) in [7, 11) is 4.61. The Morgan fingerprint density at radius 2 is 2.05 bits per heavy atom. The highest BCUT2D eigenvalue weighted by atomic mass is 32.2. The molecule has 0 radical (unpaired) electrons. The van der Waals surface area contributed by atoms with Gasteiger partial charge in [0.1, 0.15) is 0 Å². The Hall–Kier alpha value is -1.89. The van der Waals surface area contributed by atoms with Crippen molar-refractivity contribution in [3.8, 4) is 0 Å². The van der Waals surface area contributed by atoms with Crippen molar-refractivity contribution in [2.24, 2.45) is 0 Å². The van der Waals surface area contributed by atoms with Crippen LogP contribution in [0.3, 0.4) is 0 Å². The highest BCUT2D eigenvalue weighted by Crippen LogP contribution is 2.42. The first kappa shape index (κ1) is 13.5. The monoisotopic (exact) mass is 281 g/mol. The zero-order valence-corrected chi connectivity index (χ0v) is 11.7. The van der Waals surface area contributed by atoms with Crippen molar-refractivity contribution in [1.29, 1.82) is 0 Å². The van der Waals surface area contributed by atoms with Crippen LogP contribution in [0.15, 0.2) is 29.2 Å². The van der Waals surface area contributed by atoms with Gasteiger partial charge in [-0.05, 0) is 12.1 Å². The standard InChI is InChI=1S/C12H15N3O3S/c1-14(2)10(16)13-11-15(12(17)18-3)8-6-4-5-7-9(8)19-11/h4-7,11H,1-3H3,(H,13,16). The van der Waals surface area contributed by atoms with E-state index >= 15 is 0 Å². The highest BCUT2D eigenvalue weighted by molar-refractivity contribution is 8.00. The van der Waals surface area contributed by atoms with E-state index in [1.807, 2.05) is 24.3 Å². The van der Waals surface area contributed by atoms with Crippen LogP contribution < -0.4 is 10.2 Å². The molecular formula is C12H15N3O3S. The van der Waals surface area contributed by atoms with Gasteiger partial charge in [-0.25, -0.2) is 14.5 Å².